The minimum absolute atomic E-state index is 0.0591. The van der Waals surface area contributed by atoms with Gasteiger partial charge < -0.3 is 5.73 Å². The van der Waals surface area contributed by atoms with Crippen molar-refractivity contribution in [3.05, 3.63) is 33.8 Å². The van der Waals surface area contributed by atoms with Gasteiger partial charge in [-0.25, -0.2) is 0 Å². The molecule has 15 heavy (non-hydrogen) atoms. The van der Waals surface area contributed by atoms with Crippen molar-refractivity contribution >= 4 is 23.2 Å². The van der Waals surface area contributed by atoms with Gasteiger partial charge >= 0.3 is 0 Å². The summed E-state index contributed by atoms with van der Waals surface area (Å²) in [5.41, 5.74) is 7.10. The Balaban J connectivity index is 2.99. The highest BCUT2D eigenvalue weighted by molar-refractivity contribution is 6.33. The Morgan fingerprint density at radius 3 is 2.27 bits per heavy atom. The van der Waals surface area contributed by atoms with E-state index in [1.165, 1.54) is 0 Å². The Bertz CT molecular complexity index is 336. The molecule has 0 saturated carbocycles. The molecule has 1 aromatic rings. The van der Waals surface area contributed by atoms with Crippen molar-refractivity contribution in [1.29, 1.82) is 0 Å². The predicted octanol–water partition coefficient (Wildman–Crippen LogP) is 4.29. The second-order valence-corrected chi connectivity index (χ2v) is 5.14. The third-order valence-electron chi connectivity index (χ3n) is 2.94. The van der Waals surface area contributed by atoms with E-state index in [0.717, 1.165) is 5.56 Å². The number of benzene rings is 1. The van der Waals surface area contributed by atoms with Gasteiger partial charge in [0.15, 0.2) is 0 Å². The van der Waals surface area contributed by atoms with Crippen LogP contribution in [-0.2, 0) is 0 Å². The molecule has 1 nitrogen and oxygen atoms in total. The van der Waals surface area contributed by atoms with Gasteiger partial charge in [0.1, 0.15) is 0 Å². The van der Waals surface area contributed by atoms with E-state index in [4.69, 9.17) is 28.9 Å². The number of halogens is 2. The zero-order chi connectivity index (χ0) is 11.6. The van der Waals surface area contributed by atoms with Gasteiger partial charge in [-0.1, -0.05) is 44.0 Å². The predicted molar refractivity (Wildman–Crippen MR) is 67.4 cm³/mol. The van der Waals surface area contributed by atoms with E-state index < -0.39 is 0 Å². The Hall–Kier alpha value is -0.240. The second kappa shape index (κ2) is 5.20. The third kappa shape index (κ3) is 3.10. The van der Waals surface area contributed by atoms with Crippen molar-refractivity contribution in [2.75, 3.05) is 0 Å². The molecular formula is C12H17Cl2N. The lowest BCUT2D eigenvalue weighted by molar-refractivity contribution is 0.352. The summed E-state index contributed by atoms with van der Waals surface area (Å²) in [5, 5.41) is 1.38. The molecule has 0 aliphatic carbocycles. The number of nitrogens with two attached hydrogens (primary N) is 1. The van der Waals surface area contributed by atoms with Gasteiger partial charge in [0, 0.05) is 16.1 Å². The molecular weight excluding hydrogens is 229 g/mol. The van der Waals surface area contributed by atoms with Gasteiger partial charge in [0.25, 0.3) is 0 Å². The Kier molecular flexibility index (Phi) is 4.45. The average molecular weight is 246 g/mol. The molecule has 0 amide bonds. The maximum atomic E-state index is 6.17. The minimum Gasteiger partial charge on any atom is -0.324 e. The summed E-state index contributed by atoms with van der Waals surface area (Å²) < 4.78 is 0. The van der Waals surface area contributed by atoms with Crippen molar-refractivity contribution in [2.24, 2.45) is 17.6 Å². The lowest BCUT2D eigenvalue weighted by Crippen LogP contribution is -2.23. The fraction of sp³-hybridized carbons (Fsp3) is 0.500. The summed E-state index contributed by atoms with van der Waals surface area (Å²) in [5.74, 6) is 0.899. The van der Waals surface area contributed by atoms with Gasteiger partial charge in [0.2, 0.25) is 0 Å². The van der Waals surface area contributed by atoms with E-state index in [-0.39, 0.29) is 6.04 Å². The van der Waals surface area contributed by atoms with Gasteiger partial charge in [0.05, 0.1) is 0 Å². The molecule has 2 N–H and O–H groups in total. The Morgan fingerprint density at radius 2 is 1.73 bits per heavy atom. The minimum atomic E-state index is -0.0591. The Labute approximate surface area is 102 Å². The molecule has 0 radical (unpaired) electrons. The third-order valence-corrected chi connectivity index (χ3v) is 3.51. The first-order valence-corrected chi connectivity index (χ1v) is 5.89. The molecule has 1 rings (SSSR count). The number of hydrogen-bond acceptors (Lipinski definition) is 1. The molecule has 3 heteroatoms. The van der Waals surface area contributed by atoms with Crippen LogP contribution in [0, 0.1) is 11.8 Å². The van der Waals surface area contributed by atoms with Crippen LogP contribution < -0.4 is 5.73 Å². The lowest BCUT2D eigenvalue weighted by Gasteiger charge is -2.24. The van der Waals surface area contributed by atoms with Crippen molar-refractivity contribution in [2.45, 2.75) is 26.8 Å². The monoisotopic (exact) mass is 245 g/mol. The zero-order valence-corrected chi connectivity index (χ0v) is 10.8. The van der Waals surface area contributed by atoms with Gasteiger partial charge in [-0.3, -0.25) is 0 Å². The molecule has 0 aromatic heterocycles. The van der Waals surface area contributed by atoms with Gasteiger partial charge in [-0.05, 0) is 35.6 Å². The van der Waals surface area contributed by atoms with Crippen LogP contribution in [0.2, 0.25) is 10.0 Å². The summed E-state index contributed by atoms with van der Waals surface area (Å²) in [6, 6.07) is 5.37. The van der Waals surface area contributed by atoms with E-state index in [1.54, 1.807) is 12.1 Å². The highest BCUT2D eigenvalue weighted by Gasteiger charge is 2.20. The summed E-state index contributed by atoms with van der Waals surface area (Å²) in [6.07, 6.45) is 0. The average Bonchev–Trinajstić information content (AvgIpc) is 2.19. The highest BCUT2D eigenvalue weighted by Crippen LogP contribution is 2.31. The molecule has 0 saturated heterocycles. The smallest absolute Gasteiger partial charge is 0.0454 e. The van der Waals surface area contributed by atoms with Gasteiger partial charge in [-0.2, -0.15) is 0 Å². The van der Waals surface area contributed by atoms with Crippen LogP contribution in [0.25, 0.3) is 0 Å². The van der Waals surface area contributed by atoms with Crippen LogP contribution in [0.4, 0.5) is 0 Å². The molecule has 0 heterocycles. The van der Waals surface area contributed by atoms with Crippen molar-refractivity contribution in [3.8, 4) is 0 Å². The number of rotatable bonds is 3. The van der Waals surface area contributed by atoms with Crippen molar-refractivity contribution in [3.63, 3.8) is 0 Å². The van der Waals surface area contributed by atoms with Crippen LogP contribution in [0.1, 0.15) is 32.4 Å². The lowest BCUT2D eigenvalue weighted by atomic mass is 9.87. The summed E-state index contributed by atoms with van der Waals surface area (Å²) in [4.78, 5) is 0. The SMILES string of the molecule is CC(C)C(C)C(N)c1cc(Cl)ccc1Cl. The van der Waals surface area contributed by atoms with E-state index in [9.17, 15) is 0 Å². The summed E-state index contributed by atoms with van der Waals surface area (Å²) >= 11 is 12.0. The number of hydrogen-bond donors (Lipinski definition) is 1. The molecule has 2 unspecified atom stereocenters. The molecule has 0 aliphatic heterocycles. The largest absolute Gasteiger partial charge is 0.324 e. The molecule has 0 fully saturated rings. The summed E-state index contributed by atoms with van der Waals surface area (Å²) in [6.45, 7) is 6.44. The molecule has 1 aromatic carbocycles. The van der Waals surface area contributed by atoms with E-state index in [2.05, 4.69) is 20.8 Å². The quantitative estimate of drug-likeness (QED) is 0.846. The topological polar surface area (TPSA) is 26.0 Å². The zero-order valence-electron chi connectivity index (χ0n) is 9.30. The Morgan fingerprint density at radius 1 is 1.13 bits per heavy atom. The van der Waals surface area contributed by atoms with E-state index in [1.807, 2.05) is 6.07 Å². The second-order valence-electron chi connectivity index (χ2n) is 4.29. The first-order chi connectivity index (χ1) is 6.93. The maximum Gasteiger partial charge on any atom is 0.0454 e. The maximum absolute atomic E-state index is 6.17. The van der Waals surface area contributed by atoms with Crippen LogP contribution in [0.15, 0.2) is 18.2 Å². The van der Waals surface area contributed by atoms with Crippen LogP contribution in [0.5, 0.6) is 0 Å². The molecule has 2 atom stereocenters. The first-order valence-electron chi connectivity index (χ1n) is 5.14. The van der Waals surface area contributed by atoms with Crippen molar-refractivity contribution < 1.29 is 0 Å². The first kappa shape index (κ1) is 12.8. The molecule has 84 valence electrons. The molecule has 0 spiro atoms. The van der Waals surface area contributed by atoms with Gasteiger partial charge in [-0.15, -0.1) is 0 Å². The fourth-order valence-electron chi connectivity index (χ4n) is 1.47. The molecule has 0 bridgehead atoms. The van der Waals surface area contributed by atoms with E-state index in [0.29, 0.717) is 21.9 Å². The van der Waals surface area contributed by atoms with Crippen LogP contribution in [0.3, 0.4) is 0 Å². The van der Waals surface area contributed by atoms with Crippen molar-refractivity contribution in [1.82, 2.24) is 0 Å². The normalized spacial score (nSPS) is 15.4. The standard InChI is InChI=1S/C12H17Cl2N/c1-7(2)8(3)12(15)10-6-9(13)4-5-11(10)14/h4-8,12H,15H2,1-3H3. The molecule has 0 aliphatic rings. The summed E-state index contributed by atoms with van der Waals surface area (Å²) in [7, 11) is 0. The van der Waals surface area contributed by atoms with E-state index >= 15 is 0 Å². The van der Waals surface area contributed by atoms with Crippen LogP contribution >= 0.6 is 23.2 Å². The highest BCUT2D eigenvalue weighted by atomic mass is 35.5. The van der Waals surface area contributed by atoms with Crippen LogP contribution in [-0.4, -0.2) is 0 Å². The fourth-order valence-corrected chi connectivity index (χ4v) is 1.89.